The van der Waals surface area contributed by atoms with Gasteiger partial charge in [-0.05, 0) is 48.6 Å². The SMILES string of the molecule is CCN(CC)c1nc(N)nc2cc(I)c3c(ccn3C)c12.O=C(O)C(F)(F)F. The van der Waals surface area contributed by atoms with Crippen LogP contribution in [0, 0.1) is 3.57 Å². The fourth-order valence-corrected chi connectivity index (χ4v) is 3.78. The van der Waals surface area contributed by atoms with Crippen molar-refractivity contribution in [2.75, 3.05) is 23.7 Å². The molecule has 3 rings (SSSR count). The van der Waals surface area contributed by atoms with Crippen LogP contribution in [0.25, 0.3) is 21.8 Å². The van der Waals surface area contributed by atoms with Gasteiger partial charge in [-0.1, -0.05) is 0 Å². The monoisotopic (exact) mass is 509 g/mol. The number of nitrogens with two attached hydrogens (primary N) is 1. The topological polar surface area (TPSA) is 97.3 Å². The summed E-state index contributed by atoms with van der Waals surface area (Å²) in [5.41, 5.74) is 8.04. The first-order valence-electron chi connectivity index (χ1n) is 8.27. The minimum Gasteiger partial charge on any atom is -0.475 e. The molecule has 0 fully saturated rings. The van der Waals surface area contributed by atoms with E-state index in [1.165, 1.54) is 14.5 Å². The van der Waals surface area contributed by atoms with Gasteiger partial charge in [-0.3, -0.25) is 0 Å². The Morgan fingerprint density at radius 1 is 1.32 bits per heavy atom. The van der Waals surface area contributed by atoms with Gasteiger partial charge in [-0.25, -0.2) is 9.78 Å². The number of nitrogen functional groups attached to an aromatic ring is 1. The molecule has 152 valence electrons. The Morgan fingerprint density at radius 3 is 2.39 bits per heavy atom. The molecule has 11 heteroatoms. The molecule has 0 aliphatic carbocycles. The molecule has 0 radical (unpaired) electrons. The maximum Gasteiger partial charge on any atom is 0.490 e. The van der Waals surface area contributed by atoms with E-state index in [-0.39, 0.29) is 0 Å². The molecule has 0 amide bonds. The third kappa shape index (κ3) is 4.39. The number of hydrogen-bond acceptors (Lipinski definition) is 5. The molecule has 0 saturated heterocycles. The Bertz CT molecular complexity index is 1020. The summed E-state index contributed by atoms with van der Waals surface area (Å²) >= 11 is 2.35. The minimum atomic E-state index is -5.08. The lowest BCUT2D eigenvalue weighted by atomic mass is 10.1. The molecule has 0 unspecified atom stereocenters. The number of benzene rings is 1. The number of fused-ring (bicyclic) bond motifs is 3. The van der Waals surface area contributed by atoms with Crippen LogP contribution >= 0.6 is 22.6 Å². The van der Waals surface area contributed by atoms with Gasteiger partial charge in [0.15, 0.2) is 0 Å². The normalized spacial score (nSPS) is 11.4. The standard InChI is InChI=1S/C15H18IN5.C2HF3O2/c1-4-21(5-2)14-12-9-6-7-20(3)13(9)10(16)8-11(12)18-15(17)19-14;3-2(4,5)1(6)7/h6-8H,4-5H2,1-3H3,(H2,17,18,19);(H,6,7). The van der Waals surface area contributed by atoms with Crippen LogP contribution in [-0.4, -0.2) is 44.9 Å². The molecule has 7 nitrogen and oxygen atoms in total. The molecule has 0 aliphatic heterocycles. The lowest BCUT2D eigenvalue weighted by Crippen LogP contribution is -2.24. The molecular formula is C17H19F3IN5O2. The molecule has 1 aromatic carbocycles. The maximum absolute atomic E-state index is 10.6. The van der Waals surface area contributed by atoms with Gasteiger partial charge in [0.1, 0.15) is 5.82 Å². The van der Waals surface area contributed by atoms with Gasteiger partial charge >= 0.3 is 12.1 Å². The first-order chi connectivity index (χ1) is 13.0. The number of carboxylic acids is 1. The number of aliphatic carboxylic acids is 1. The predicted molar refractivity (Wildman–Crippen MR) is 110 cm³/mol. The zero-order valence-electron chi connectivity index (χ0n) is 15.4. The molecule has 3 N–H and O–H groups in total. The average molecular weight is 509 g/mol. The second kappa shape index (κ2) is 8.37. The van der Waals surface area contributed by atoms with Crippen molar-refractivity contribution in [1.82, 2.24) is 14.5 Å². The Kier molecular flexibility index (Phi) is 6.57. The van der Waals surface area contributed by atoms with Gasteiger partial charge in [0.05, 0.1) is 16.4 Å². The molecule has 2 aromatic heterocycles. The number of carboxylic acid groups (broad SMARTS) is 1. The molecule has 28 heavy (non-hydrogen) atoms. The number of nitrogens with zero attached hydrogens (tertiary/aromatic N) is 4. The molecule has 0 bridgehead atoms. The summed E-state index contributed by atoms with van der Waals surface area (Å²) in [4.78, 5) is 20.1. The van der Waals surface area contributed by atoms with E-state index in [1.54, 1.807) is 0 Å². The Labute approximate surface area is 172 Å². The zero-order chi connectivity index (χ0) is 21.2. The largest absolute Gasteiger partial charge is 0.490 e. The van der Waals surface area contributed by atoms with Crippen molar-refractivity contribution in [3.05, 3.63) is 21.9 Å². The molecule has 0 aliphatic rings. The number of aryl methyl sites for hydroxylation is 1. The van der Waals surface area contributed by atoms with E-state index >= 15 is 0 Å². The molecule has 2 heterocycles. The van der Waals surface area contributed by atoms with Gasteiger partial charge in [-0.15, -0.1) is 0 Å². The number of rotatable bonds is 3. The van der Waals surface area contributed by atoms with Crippen LogP contribution in [0.3, 0.4) is 0 Å². The van der Waals surface area contributed by atoms with E-state index in [4.69, 9.17) is 15.6 Å². The Hall–Kier alpha value is -2.31. The maximum atomic E-state index is 10.6. The molecule has 0 saturated carbocycles. The number of halogens is 4. The summed E-state index contributed by atoms with van der Waals surface area (Å²) in [5.74, 6) is -1.50. The Morgan fingerprint density at radius 2 is 1.89 bits per heavy atom. The first-order valence-corrected chi connectivity index (χ1v) is 9.34. The van der Waals surface area contributed by atoms with E-state index in [2.05, 4.69) is 81.3 Å². The van der Waals surface area contributed by atoms with Crippen LogP contribution in [0.5, 0.6) is 0 Å². The highest BCUT2D eigenvalue weighted by Crippen LogP contribution is 2.35. The van der Waals surface area contributed by atoms with Crippen molar-refractivity contribution in [2.24, 2.45) is 7.05 Å². The van der Waals surface area contributed by atoms with Crippen molar-refractivity contribution >= 4 is 62.1 Å². The molecule has 0 atom stereocenters. The summed E-state index contributed by atoms with van der Waals surface area (Å²) in [6, 6.07) is 4.22. The second-order valence-electron chi connectivity index (χ2n) is 5.82. The van der Waals surface area contributed by atoms with Gasteiger partial charge in [0.2, 0.25) is 5.95 Å². The van der Waals surface area contributed by atoms with Crippen molar-refractivity contribution in [3.8, 4) is 0 Å². The van der Waals surface area contributed by atoms with Crippen LogP contribution < -0.4 is 10.6 Å². The number of aromatic nitrogens is 3. The van der Waals surface area contributed by atoms with Crippen LogP contribution in [-0.2, 0) is 11.8 Å². The van der Waals surface area contributed by atoms with Crippen LogP contribution in [0.4, 0.5) is 24.9 Å². The highest BCUT2D eigenvalue weighted by Gasteiger charge is 2.38. The average Bonchev–Trinajstić information content (AvgIpc) is 2.97. The van der Waals surface area contributed by atoms with Gasteiger partial charge in [0, 0.05) is 35.3 Å². The fraction of sp³-hybridized carbons (Fsp3) is 0.353. The van der Waals surface area contributed by atoms with Gasteiger partial charge in [-0.2, -0.15) is 18.2 Å². The minimum absolute atomic E-state index is 0.329. The quantitative estimate of drug-likeness (QED) is 0.522. The summed E-state index contributed by atoms with van der Waals surface area (Å²) < 4.78 is 35.0. The van der Waals surface area contributed by atoms with E-state index in [9.17, 15) is 13.2 Å². The van der Waals surface area contributed by atoms with Crippen molar-refractivity contribution in [2.45, 2.75) is 20.0 Å². The van der Waals surface area contributed by atoms with Crippen LogP contribution in [0.15, 0.2) is 18.3 Å². The lowest BCUT2D eigenvalue weighted by molar-refractivity contribution is -0.192. The summed E-state index contributed by atoms with van der Waals surface area (Å²) in [6.07, 6.45) is -3.01. The first kappa shape index (κ1) is 22.0. The third-order valence-electron chi connectivity index (χ3n) is 4.07. The number of alkyl halides is 3. The van der Waals surface area contributed by atoms with E-state index < -0.39 is 12.1 Å². The van der Waals surface area contributed by atoms with Gasteiger partial charge < -0.3 is 20.3 Å². The zero-order valence-corrected chi connectivity index (χ0v) is 17.5. The summed E-state index contributed by atoms with van der Waals surface area (Å²) in [6.45, 7) is 6.04. The highest BCUT2D eigenvalue weighted by molar-refractivity contribution is 14.1. The van der Waals surface area contributed by atoms with Crippen LogP contribution in [0.2, 0.25) is 0 Å². The smallest absolute Gasteiger partial charge is 0.475 e. The third-order valence-corrected chi connectivity index (χ3v) is 4.89. The van der Waals surface area contributed by atoms with E-state index in [0.717, 1.165) is 29.8 Å². The van der Waals surface area contributed by atoms with Gasteiger partial charge in [0.25, 0.3) is 0 Å². The fourth-order valence-electron chi connectivity index (χ4n) is 2.82. The van der Waals surface area contributed by atoms with Crippen molar-refractivity contribution in [1.29, 1.82) is 0 Å². The number of carbonyl (C=O) groups is 1. The predicted octanol–water partition coefficient (Wildman–Crippen LogP) is 3.79. The van der Waals surface area contributed by atoms with E-state index in [0.29, 0.717) is 5.95 Å². The number of anilines is 2. The molecule has 0 spiro atoms. The second-order valence-corrected chi connectivity index (χ2v) is 6.98. The Balaban J connectivity index is 0.000000345. The highest BCUT2D eigenvalue weighted by atomic mass is 127. The molecule has 3 aromatic rings. The van der Waals surface area contributed by atoms with Crippen LogP contribution in [0.1, 0.15) is 13.8 Å². The summed E-state index contributed by atoms with van der Waals surface area (Å²) in [7, 11) is 2.06. The van der Waals surface area contributed by atoms with E-state index in [1.807, 2.05) is 0 Å². The number of hydrogen-bond donors (Lipinski definition) is 2. The lowest BCUT2D eigenvalue weighted by Gasteiger charge is -2.22. The summed E-state index contributed by atoms with van der Waals surface area (Å²) in [5, 5.41) is 9.39. The molecular weight excluding hydrogens is 490 g/mol. The van der Waals surface area contributed by atoms with Crippen molar-refractivity contribution in [3.63, 3.8) is 0 Å². The van der Waals surface area contributed by atoms with Crippen molar-refractivity contribution < 1.29 is 23.1 Å².